The normalized spacial score (nSPS) is 15.7. The Morgan fingerprint density at radius 3 is 2.68 bits per heavy atom. The molecule has 0 spiro atoms. The van der Waals surface area contributed by atoms with E-state index in [4.69, 9.17) is 5.11 Å². The van der Waals surface area contributed by atoms with Gasteiger partial charge in [-0.3, -0.25) is 9.78 Å². The number of rotatable bonds is 6. The number of hydrogen-bond donors (Lipinski definition) is 1. The van der Waals surface area contributed by atoms with Gasteiger partial charge in [-0.05, 0) is 34.8 Å². The van der Waals surface area contributed by atoms with Crippen molar-refractivity contribution in [3.63, 3.8) is 0 Å². The van der Waals surface area contributed by atoms with Crippen LogP contribution in [0.5, 0.6) is 0 Å². The summed E-state index contributed by atoms with van der Waals surface area (Å²) in [6.07, 6.45) is 4.13. The summed E-state index contributed by atoms with van der Waals surface area (Å²) in [6, 6.07) is 1.39. The summed E-state index contributed by atoms with van der Waals surface area (Å²) in [5.74, 6) is -1.01. The predicted octanol–water partition coefficient (Wildman–Crippen LogP) is 1.47. The Kier molecular flexibility index (Phi) is 4.22. The van der Waals surface area contributed by atoms with E-state index in [2.05, 4.69) is 20.9 Å². The molecule has 0 radical (unpaired) electrons. The van der Waals surface area contributed by atoms with Gasteiger partial charge < -0.3 is 5.11 Å². The molecule has 104 valence electrons. The van der Waals surface area contributed by atoms with Crippen LogP contribution in [0.2, 0.25) is 0 Å². The molecular weight excluding hydrogens is 336 g/mol. The van der Waals surface area contributed by atoms with Crippen molar-refractivity contribution in [1.82, 2.24) is 9.29 Å². The lowest BCUT2D eigenvalue weighted by Crippen LogP contribution is -2.35. The average Bonchev–Trinajstić information content (AvgIpc) is 3.13. The maximum atomic E-state index is 12.5. The van der Waals surface area contributed by atoms with E-state index in [1.807, 2.05) is 0 Å². The van der Waals surface area contributed by atoms with Crippen molar-refractivity contribution in [2.45, 2.75) is 30.2 Å². The number of nitrogens with zero attached hydrogens (tertiary/aromatic N) is 2. The van der Waals surface area contributed by atoms with Gasteiger partial charge in [0.15, 0.2) is 0 Å². The Bertz CT molecular complexity index is 586. The molecule has 2 rings (SSSR count). The monoisotopic (exact) mass is 348 g/mol. The lowest BCUT2D eigenvalue weighted by molar-refractivity contribution is -0.137. The third-order valence-corrected chi connectivity index (χ3v) is 5.14. The summed E-state index contributed by atoms with van der Waals surface area (Å²) >= 11 is 3.18. The maximum absolute atomic E-state index is 12.5. The lowest BCUT2D eigenvalue weighted by Gasteiger charge is -2.20. The van der Waals surface area contributed by atoms with Crippen LogP contribution in [0.15, 0.2) is 27.8 Å². The van der Waals surface area contributed by atoms with Crippen LogP contribution >= 0.6 is 15.9 Å². The molecule has 0 amide bonds. The number of pyridine rings is 1. The van der Waals surface area contributed by atoms with Crippen molar-refractivity contribution in [2.24, 2.45) is 0 Å². The number of aliphatic carboxylic acids is 1. The molecule has 1 aliphatic rings. The van der Waals surface area contributed by atoms with Gasteiger partial charge in [0.1, 0.15) is 4.90 Å². The van der Waals surface area contributed by atoms with Crippen molar-refractivity contribution in [1.29, 1.82) is 0 Å². The molecule has 1 saturated carbocycles. The van der Waals surface area contributed by atoms with Crippen LogP contribution in [0.1, 0.15) is 19.3 Å². The Hall–Kier alpha value is -0.990. The van der Waals surface area contributed by atoms with Crippen molar-refractivity contribution in [3.05, 3.63) is 22.9 Å². The fraction of sp³-hybridized carbons (Fsp3) is 0.455. The summed E-state index contributed by atoms with van der Waals surface area (Å²) in [6.45, 7) is -0.00511. The highest BCUT2D eigenvalue weighted by molar-refractivity contribution is 9.10. The van der Waals surface area contributed by atoms with Gasteiger partial charge in [-0.15, -0.1) is 0 Å². The SMILES string of the molecule is O=C(O)CCN(C1CC1)S(=O)(=O)c1cncc(Br)c1. The molecule has 0 unspecified atom stereocenters. The standard InChI is InChI=1S/C11H13BrN2O4S/c12-8-5-10(7-13-6-8)19(17,18)14(9-1-2-9)4-3-11(15)16/h5-7,9H,1-4H2,(H,15,16). The summed E-state index contributed by atoms with van der Waals surface area (Å²) in [4.78, 5) is 14.5. The fourth-order valence-corrected chi connectivity index (χ4v) is 3.93. The second-order valence-corrected chi connectivity index (χ2v) is 7.14. The zero-order valence-corrected chi connectivity index (χ0v) is 12.4. The topological polar surface area (TPSA) is 87.6 Å². The number of carbonyl (C=O) groups is 1. The van der Waals surface area contributed by atoms with Crippen molar-refractivity contribution in [2.75, 3.05) is 6.54 Å². The predicted molar refractivity (Wildman–Crippen MR) is 71.1 cm³/mol. The fourth-order valence-electron chi connectivity index (χ4n) is 1.74. The average molecular weight is 349 g/mol. The molecule has 19 heavy (non-hydrogen) atoms. The first-order valence-corrected chi connectivity index (χ1v) is 7.99. The van der Waals surface area contributed by atoms with Crippen molar-refractivity contribution < 1.29 is 18.3 Å². The highest BCUT2D eigenvalue weighted by Gasteiger charge is 2.38. The molecule has 0 bridgehead atoms. The lowest BCUT2D eigenvalue weighted by atomic mass is 10.4. The van der Waals surface area contributed by atoms with Gasteiger partial charge in [0.25, 0.3) is 0 Å². The maximum Gasteiger partial charge on any atom is 0.304 e. The first-order valence-electron chi connectivity index (χ1n) is 5.75. The zero-order valence-electron chi connectivity index (χ0n) is 9.99. The van der Waals surface area contributed by atoms with E-state index in [0.29, 0.717) is 4.47 Å². The van der Waals surface area contributed by atoms with Gasteiger partial charge in [0.2, 0.25) is 10.0 Å². The third-order valence-electron chi connectivity index (χ3n) is 2.79. The van der Waals surface area contributed by atoms with Gasteiger partial charge >= 0.3 is 5.97 Å². The molecular formula is C11H13BrN2O4S. The van der Waals surface area contributed by atoms with Crippen LogP contribution in [0, 0.1) is 0 Å². The highest BCUT2D eigenvalue weighted by Crippen LogP contribution is 2.32. The van der Waals surface area contributed by atoms with Crippen LogP contribution in [0.25, 0.3) is 0 Å². The highest BCUT2D eigenvalue weighted by atomic mass is 79.9. The minimum Gasteiger partial charge on any atom is -0.481 e. The Morgan fingerprint density at radius 2 is 2.16 bits per heavy atom. The van der Waals surface area contributed by atoms with Crippen molar-refractivity contribution >= 4 is 31.9 Å². The Morgan fingerprint density at radius 1 is 1.47 bits per heavy atom. The van der Waals surface area contributed by atoms with Crippen LogP contribution in [0.3, 0.4) is 0 Å². The molecule has 0 saturated heterocycles. The first kappa shape index (κ1) is 14.4. The van der Waals surface area contributed by atoms with Crippen molar-refractivity contribution in [3.8, 4) is 0 Å². The largest absolute Gasteiger partial charge is 0.481 e. The van der Waals surface area contributed by atoms with Crippen LogP contribution in [0.4, 0.5) is 0 Å². The van der Waals surface area contributed by atoms with E-state index >= 15 is 0 Å². The van der Waals surface area contributed by atoms with Gasteiger partial charge in [-0.25, -0.2) is 8.42 Å². The zero-order chi connectivity index (χ0) is 14.0. The quantitative estimate of drug-likeness (QED) is 0.840. The van der Waals surface area contributed by atoms with E-state index in [1.165, 1.54) is 22.8 Å². The molecule has 0 atom stereocenters. The summed E-state index contributed by atoms with van der Waals surface area (Å²) < 4.78 is 26.7. The smallest absolute Gasteiger partial charge is 0.304 e. The molecule has 1 aliphatic carbocycles. The minimum absolute atomic E-state index is 0.00511. The first-order chi connectivity index (χ1) is 8.91. The van der Waals surface area contributed by atoms with Gasteiger partial charge in [-0.2, -0.15) is 4.31 Å². The molecule has 1 aromatic rings. The molecule has 1 aromatic heterocycles. The number of hydrogen-bond acceptors (Lipinski definition) is 4. The van der Waals surface area contributed by atoms with E-state index in [9.17, 15) is 13.2 Å². The molecule has 0 aliphatic heterocycles. The molecule has 0 aromatic carbocycles. The number of sulfonamides is 1. The van der Waals surface area contributed by atoms with Gasteiger partial charge in [-0.1, -0.05) is 0 Å². The second kappa shape index (κ2) is 5.56. The van der Waals surface area contributed by atoms with Gasteiger partial charge in [0.05, 0.1) is 6.42 Å². The number of carboxylic acid groups (broad SMARTS) is 1. The van der Waals surface area contributed by atoms with Crippen LogP contribution in [-0.2, 0) is 14.8 Å². The molecule has 8 heteroatoms. The van der Waals surface area contributed by atoms with Gasteiger partial charge in [0, 0.05) is 29.5 Å². The van der Waals surface area contributed by atoms with E-state index in [-0.39, 0.29) is 23.9 Å². The summed E-state index contributed by atoms with van der Waals surface area (Å²) in [5.41, 5.74) is 0. The Labute approximate surface area is 119 Å². The molecule has 6 nitrogen and oxygen atoms in total. The molecule has 1 heterocycles. The van der Waals surface area contributed by atoms with Crippen LogP contribution < -0.4 is 0 Å². The number of halogens is 1. The summed E-state index contributed by atoms with van der Waals surface area (Å²) in [5, 5.41) is 8.70. The van der Waals surface area contributed by atoms with E-state index < -0.39 is 16.0 Å². The molecule has 1 fully saturated rings. The number of aromatic nitrogens is 1. The Balaban J connectivity index is 2.26. The molecule has 1 N–H and O–H groups in total. The van der Waals surface area contributed by atoms with E-state index in [1.54, 1.807) is 0 Å². The van der Waals surface area contributed by atoms with Crippen LogP contribution in [-0.4, -0.2) is 41.4 Å². The summed E-state index contributed by atoms with van der Waals surface area (Å²) in [7, 11) is -3.68. The second-order valence-electron chi connectivity index (χ2n) is 4.33. The van der Waals surface area contributed by atoms with E-state index in [0.717, 1.165) is 12.8 Å². The third kappa shape index (κ3) is 3.52. The number of carboxylic acids is 1. The minimum atomic E-state index is -3.68.